The molecule has 1 aromatic heterocycles. The molecule has 1 fully saturated rings. The van der Waals surface area contributed by atoms with Crippen LogP contribution in [0.15, 0.2) is 17.5 Å². The van der Waals surface area contributed by atoms with E-state index in [9.17, 15) is 0 Å². The Kier molecular flexibility index (Phi) is 2.98. The molecule has 0 aromatic carbocycles. The Labute approximate surface area is 82.6 Å². The zero-order chi connectivity index (χ0) is 9.10. The van der Waals surface area contributed by atoms with Crippen LogP contribution in [-0.4, -0.2) is 24.3 Å². The van der Waals surface area contributed by atoms with E-state index in [1.165, 1.54) is 11.3 Å². The summed E-state index contributed by atoms with van der Waals surface area (Å²) in [4.78, 5) is 1.46. The summed E-state index contributed by atoms with van der Waals surface area (Å²) >= 11 is 1.83. The second kappa shape index (κ2) is 4.22. The fraction of sp³-hybridized carbons (Fsp3) is 0.600. The topological polar surface area (TPSA) is 32.3 Å². The summed E-state index contributed by atoms with van der Waals surface area (Å²) in [6.45, 7) is 1.34. The number of aliphatic hydroxyl groups is 1. The summed E-state index contributed by atoms with van der Waals surface area (Å²) in [5, 5.41) is 14.4. The predicted octanol–water partition coefficient (Wildman–Crippen LogP) is 1.26. The van der Waals surface area contributed by atoms with Crippen molar-refractivity contribution in [2.75, 3.05) is 13.2 Å². The van der Waals surface area contributed by atoms with Crippen molar-refractivity contribution >= 4 is 11.3 Å². The van der Waals surface area contributed by atoms with Crippen molar-refractivity contribution in [3.63, 3.8) is 0 Å². The van der Waals surface area contributed by atoms with E-state index in [0.717, 1.165) is 18.9 Å². The number of hydrogen-bond donors (Lipinski definition) is 2. The molecule has 0 spiro atoms. The minimum absolute atomic E-state index is 0.279. The lowest BCUT2D eigenvalue weighted by molar-refractivity contribution is 0.253. The van der Waals surface area contributed by atoms with Crippen LogP contribution < -0.4 is 5.32 Å². The molecule has 13 heavy (non-hydrogen) atoms. The molecule has 0 bridgehead atoms. The van der Waals surface area contributed by atoms with Gasteiger partial charge in [-0.05, 0) is 36.8 Å². The van der Waals surface area contributed by atoms with Gasteiger partial charge in [0.05, 0.1) is 6.61 Å². The lowest BCUT2D eigenvalue weighted by atomic mass is 10.0. The van der Waals surface area contributed by atoms with Crippen LogP contribution in [0.2, 0.25) is 0 Å². The van der Waals surface area contributed by atoms with Crippen molar-refractivity contribution in [2.45, 2.75) is 18.9 Å². The molecule has 2 N–H and O–H groups in total. The van der Waals surface area contributed by atoms with Gasteiger partial charge in [0.25, 0.3) is 0 Å². The minimum Gasteiger partial charge on any atom is -0.395 e. The monoisotopic (exact) mass is 197 g/mol. The van der Waals surface area contributed by atoms with Crippen molar-refractivity contribution in [1.29, 1.82) is 0 Å². The first-order valence-corrected chi connectivity index (χ1v) is 5.63. The maximum absolute atomic E-state index is 8.95. The van der Waals surface area contributed by atoms with Crippen molar-refractivity contribution < 1.29 is 5.11 Å². The van der Waals surface area contributed by atoms with Crippen LogP contribution in [0.1, 0.15) is 11.3 Å². The SMILES string of the molecule is OCC1CC(Cc2cccs2)CN1. The number of thiophene rings is 1. The average Bonchev–Trinajstić information content (AvgIpc) is 2.76. The summed E-state index contributed by atoms with van der Waals surface area (Å²) in [5.74, 6) is 0.718. The maximum Gasteiger partial charge on any atom is 0.0584 e. The summed E-state index contributed by atoms with van der Waals surface area (Å²) in [6.07, 6.45) is 2.29. The van der Waals surface area contributed by atoms with Gasteiger partial charge in [-0.3, -0.25) is 0 Å². The third-order valence-electron chi connectivity index (χ3n) is 2.60. The summed E-state index contributed by atoms with van der Waals surface area (Å²) in [5.41, 5.74) is 0. The Hall–Kier alpha value is -0.380. The smallest absolute Gasteiger partial charge is 0.0584 e. The van der Waals surface area contributed by atoms with E-state index in [1.807, 2.05) is 11.3 Å². The number of nitrogens with one attached hydrogen (secondary N) is 1. The molecular formula is C10H15NOS. The molecule has 2 rings (SSSR count). The van der Waals surface area contributed by atoms with Gasteiger partial charge in [0.2, 0.25) is 0 Å². The van der Waals surface area contributed by atoms with Crippen molar-refractivity contribution in [3.8, 4) is 0 Å². The Balaban J connectivity index is 1.84. The van der Waals surface area contributed by atoms with Crippen LogP contribution in [0, 0.1) is 5.92 Å². The number of rotatable bonds is 3. The van der Waals surface area contributed by atoms with Gasteiger partial charge in [0.15, 0.2) is 0 Å². The minimum atomic E-state index is 0.279. The van der Waals surface area contributed by atoms with E-state index in [-0.39, 0.29) is 6.61 Å². The van der Waals surface area contributed by atoms with Crippen molar-refractivity contribution in [1.82, 2.24) is 5.32 Å². The van der Waals surface area contributed by atoms with E-state index < -0.39 is 0 Å². The molecular weight excluding hydrogens is 182 g/mol. The Morgan fingerprint density at radius 3 is 3.15 bits per heavy atom. The van der Waals surface area contributed by atoms with E-state index in [1.54, 1.807) is 0 Å². The van der Waals surface area contributed by atoms with Crippen LogP contribution in [0.3, 0.4) is 0 Å². The van der Waals surface area contributed by atoms with Gasteiger partial charge in [-0.15, -0.1) is 11.3 Å². The van der Waals surface area contributed by atoms with Crippen molar-refractivity contribution in [3.05, 3.63) is 22.4 Å². The number of hydrogen-bond acceptors (Lipinski definition) is 3. The molecule has 2 unspecified atom stereocenters. The van der Waals surface area contributed by atoms with Gasteiger partial charge in [-0.1, -0.05) is 6.07 Å². The fourth-order valence-corrected chi connectivity index (χ4v) is 2.73. The highest BCUT2D eigenvalue weighted by Crippen LogP contribution is 2.21. The van der Waals surface area contributed by atoms with Gasteiger partial charge in [0.1, 0.15) is 0 Å². The Morgan fingerprint density at radius 1 is 1.62 bits per heavy atom. The van der Waals surface area contributed by atoms with Gasteiger partial charge in [-0.2, -0.15) is 0 Å². The third kappa shape index (κ3) is 2.30. The summed E-state index contributed by atoms with van der Waals surface area (Å²) in [6, 6.07) is 4.63. The van der Waals surface area contributed by atoms with E-state index in [2.05, 4.69) is 22.8 Å². The molecule has 2 heterocycles. The predicted molar refractivity (Wildman–Crippen MR) is 55.0 cm³/mol. The average molecular weight is 197 g/mol. The highest BCUT2D eigenvalue weighted by atomic mass is 32.1. The largest absolute Gasteiger partial charge is 0.395 e. The Bertz CT molecular complexity index is 247. The highest BCUT2D eigenvalue weighted by molar-refractivity contribution is 7.09. The molecule has 0 saturated carbocycles. The molecule has 0 radical (unpaired) electrons. The maximum atomic E-state index is 8.95. The number of aliphatic hydroxyl groups excluding tert-OH is 1. The summed E-state index contributed by atoms with van der Waals surface area (Å²) < 4.78 is 0. The quantitative estimate of drug-likeness (QED) is 0.764. The standard InChI is InChI=1S/C10H15NOS/c12-7-9-4-8(6-11-9)5-10-2-1-3-13-10/h1-3,8-9,11-12H,4-7H2. The second-order valence-electron chi connectivity index (χ2n) is 3.67. The fourth-order valence-electron chi connectivity index (χ4n) is 1.91. The lowest BCUT2D eigenvalue weighted by Crippen LogP contribution is -2.24. The molecule has 1 aliphatic rings. The molecule has 1 aliphatic heterocycles. The van der Waals surface area contributed by atoms with E-state index >= 15 is 0 Å². The molecule has 1 saturated heterocycles. The highest BCUT2D eigenvalue weighted by Gasteiger charge is 2.23. The second-order valence-corrected chi connectivity index (χ2v) is 4.71. The molecule has 1 aromatic rings. The van der Waals surface area contributed by atoms with Gasteiger partial charge in [-0.25, -0.2) is 0 Å². The van der Waals surface area contributed by atoms with Gasteiger partial charge in [0, 0.05) is 10.9 Å². The van der Waals surface area contributed by atoms with Crippen LogP contribution in [0.4, 0.5) is 0 Å². The van der Waals surface area contributed by atoms with Gasteiger partial charge < -0.3 is 10.4 Å². The zero-order valence-electron chi connectivity index (χ0n) is 7.57. The van der Waals surface area contributed by atoms with Gasteiger partial charge >= 0.3 is 0 Å². The molecule has 3 heteroatoms. The van der Waals surface area contributed by atoms with E-state index in [0.29, 0.717) is 6.04 Å². The molecule has 2 nitrogen and oxygen atoms in total. The first kappa shape index (κ1) is 9.19. The first-order valence-electron chi connectivity index (χ1n) is 4.75. The van der Waals surface area contributed by atoms with E-state index in [4.69, 9.17) is 5.11 Å². The van der Waals surface area contributed by atoms with Crippen molar-refractivity contribution in [2.24, 2.45) is 5.92 Å². The molecule has 0 aliphatic carbocycles. The van der Waals surface area contributed by atoms with Crippen LogP contribution in [-0.2, 0) is 6.42 Å². The Morgan fingerprint density at radius 2 is 2.54 bits per heavy atom. The molecule has 0 amide bonds. The zero-order valence-corrected chi connectivity index (χ0v) is 8.39. The normalized spacial score (nSPS) is 28.1. The first-order chi connectivity index (χ1) is 6.38. The van der Waals surface area contributed by atoms with Crippen LogP contribution >= 0.6 is 11.3 Å². The summed E-state index contributed by atoms with van der Waals surface area (Å²) in [7, 11) is 0. The molecule has 72 valence electrons. The lowest BCUT2D eigenvalue weighted by Gasteiger charge is -2.06. The van der Waals surface area contributed by atoms with Crippen LogP contribution in [0.25, 0.3) is 0 Å². The van der Waals surface area contributed by atoms with Crippen LogP contribution in [0.5, 0.6) is 0 Å². The third-order valence-corrected chi connectivity index (χ3v) is 3.50. The molecule has 2 atom stereocenters.